The predicted molar refractivity (Wildman–Crippen MR) is 63.5 cm³/mol. The third kappa shape index (κ3) is 2.44. The molecule has 4 nitrogen and oxygen atoms in total. The Labute approximate surface area is 96.8 Å². The molecule has 1 aromatic heterocycles. The lowest BCUT2D eigenvalue weighted by atomic mass is 10.0. The molecule has 1 fully saturated rings. The number of oxazole rings is 1. The maximum Gasteiger partial charge on any atom is 0.194 e. The van der Waals surface area contributed by atoms with Crippen LogP contribution < -0.4 is 5.73 Å². The van der Waals surface area contributed by atoms with Crippen molar-refractivity contribution < 1.29 is 4.42 Å². The number of hydrogen-bond donors (Lipinski definition) is 1. The second-order valence-electron chi connectivity index (χ2n) is 4.69. The molecule has 16 heavy (non-hydrogen) atoms. The molecule has 90 valence electrons. The summed E-state index contributed by atoms with van der Waals surface area (Å²) >= 11 is 0. The molecule has 1 aliphatic heterocycles. The van der Waals surface area contributed by atoms with Crippen molar-refractivity contribution in [2.75, 3.05) is 26.7 Å². The van der Waals surface area contributed by atoms with E-state index in [0.717, 1.165) is 43.3 Å². The van der Waals surface area contributed by atoms with E-state index in [-0.39, 0.29) is 0 Å². The molecule has 0 aliphatic carbocycles. The maximum absolute atomic E-state index is 5.68. The van der Waals surface area contributed by atoms with E-state index in [1.807, 2.05) is 6.92 Å². The number of likely N-dealkylation sites (tertiary alicyclic amines) is 1. The van der Waals surface area contributed by atoms with Crippen molar-refractivity contribution in [1.29, 1.82) is 0 Å². The molecule has 0 amide bonds. The minimum atomic E-state index is 0.556. The van der Waals surface area contributed by atoms with Gasteiger partial charge in [-0.2, -0.15) is 0 Å². The number of nitrogens with two attached hydrogens (primary N) is 1. The van der Waals surface area contributed by atoms with E-state index in [0.29, 0.717) is 12.5 Å². The van der Waals surface area contributed by atoms with Gasteiger partial charge in [0.25, 0.3) is 0 Å². The fraction of sp³-hybridized carbons (Fsp3) is 0.750. The van der Waals surface area contributed by atoms with Crippen molar-refractivity contribution in [3.63, 3.8) is 0 Å². The van der Waals surface area contributed by atoms with E-state index in [1.54, 1.807) is 0 Å². The van der Waals surface area contributed by atoms with Crippen LogP contribution in [-0.2, 0) is 6.42 Å². The topological polar surface area (TPSA) is 55.3 Å². The molecular formula is C12H21N3O. The van der Waals surface area contributed by atoms with Gasteiger partial charge in [0.15, 0.2) is 5.89 Å². The zero-order valence-electron chi connectivity index (χ0n) is 10.2. The van der Waals surface area contributed by atoms with E-state index in [2.05, 4.69) is 16.9 Å². The predicted octanol–water partition coefficient (Wildman–Crippen LogP) is 1.29. The molecule has 2 heterocycles. The Kier molecular flexibility index (Phi) is 3.61. The third-order valence-corrected chi connectivity index (χ3v) is 3.25. The van der Waals surface area contributed by atoms with Crippen molar-refractivity contribution in [2.45, 2.75) is 32.1 Å². The monoisotopic (exact) mass is 223 g/mol. The molecule has 0 saturated carbocycles. The first-order valence-electron chi connectivity index (χ1n) is 6.05. The number of likely N-dealkylation sites (N-methyl/N-ethyl adjacent to an activating group) is 1. The average Bonchev–Trinajstić information content (AvgIpc) is 2.82. The molecule has 0 aromatic carbocycles. The van der Waals surface area contributed by atoms with Gasteiger partial charge in [0.2, 0.25) is 0 Å². The number of hydrogen-bond acceptors (Lipinski definition) is 4. The van der Waals surface area contributed by atoms with Crippen molar-refractivity contribution in [3.8, 4) is 0 Å². The summed E-state index contributed by atoms with van der Waals surface area (Å²) < 4.78 is 5.68. The smallest absolute Gasteiger partial charge is 0.194 e. The van der Waals surface area contributed by atoms with Gasteiger partial charge < -0.3 is 15.1 Å². The van der Waals surface area contributed by atoms with E-state index in [4.69, 9.17) is 10.2 Å². The highest BCUT2D eigenvalue weighted by molar-refractivity contribution is 5.16. The first-order valence-corrected chi connectivity index (χ1v) is 6.05. The number of nitrogens with zero attached hydrogens (tertiary/aromatic N) is 2. The Morgan fingerprint density at radius 2 is 2.38 bits per heavy atom. The van der Waals surface area contributed by atoms with Crippen LogP contribution >= 0.6 is 0 Å². The lowest BCUT2D eigenvalue weighted by Gasteiger charge is -2.07. The SMILES string of the molecule is Cc1oc(CCCN)nc1C1CCN(C)C1. The first-order chi connectivity index (χ1) is 7.70. The lowest BCUT2D eigenvalue weighted by Crippen LogP contribution is -2.13. The summed E-state index contributed by atoms with van der Waals surface area (Å²) in [5, 5.41) is 0. The summed E-state index contributed by atoms with van der Waals surface area (Å²) in [6.07, 6.45) is 3.00. The molecule has 0 radical (unpaired) electrons. The minimum Gasteiger partial charge on any atom is -0.446 e. The Bertz CT molecular complexity index is 348. The van der Waals surface area contributed by atoms with Crippen molar-refractivity contribution >= 4 is 0 Å². The van der Waals surface area contributed by atoms with Crippen LogP contribution in [0, 0.1) is 6.92 Å². The standard InChI is InChI=1S/C12H21N3O/c1-9-12(10-5-7-15(2)8-10)14-11(16-9)4-3-6-13/h10H,3-8,13H2,1-2H3. The van der Waals surface area contributed by atoms with E-state index < -0.39 is 0 Å². The molecule has 1 atom stereocenters. The molecule has 1 saturated heterocycles. The van der Waals surface area contributed by atoms with Gasteiger partial charge in [-0.25, -0.2) is 4.98 Å². The fourth-order valence-corrected chi connectivity index (χ4v) is 2.36. The second kappa shape index (κ2) is 4.97. The molecule has 4 heteroatoms. The van der Waals surface area contributed by atoms with E-state index in [9.17, 15) is 0 Å². The van der Waals surface area contributed by atoms with E-state index >= 15 is 0 Å². The van der Waals surface area contributed by atoms with Gasteiger partial charge >= 0.3 is 0 Å². The highest BCUT2D eigenvalue weighted by Crippen LogP contribution is 2.28. The molecule has 0 spiro atoms. The fourth-order valence-electron chi connectivity index (χ4n) is 2.36. The highest BCUT2D eigenvalue weighted by atomic mass is 16.4. The van der Waals surface area contributed by atoms with Crippen LogP contribution in [0.1, 0.15) is 36.1 Å². The number of rotatable bonds is 4. The Hall–Kier alpha value is -0.870. The van der Waals surface area contributed by atoms with Crippen LogP contribution in [-0.4, -0.2) is 36.6 Å². The summed E-state index contributed by atoms with van der Waals surface area (Å²) in [6.45, 7) is 4.98. The van der Waals surface area contributed by atoms with Crippen LogP contribution in [0.4, 0.5) is 0 Å². The molecule has 1 aliphatic rings. The Morgan fingerprint density at radius 3 is 3.00 bits per heavy atom. The van der Waals surface area contributed by atoms with Gasteiger partial charge in [0.05, 0.1) is 5.69 Å². The van der Waals surface area contributed by atoms with E-state index in [1.165, 1.54) is 6.42 Å². The quantitative estimate of drug-likeness (QED) is 0.835. The van der Waals surface area contributed by atoms with Gasteiger partial charge in [-0.3, -0.25) is 0 Å². The van der Waals surface area contributed by atoms with Crippen molar-refractivity contribution in [1.82, 2.24) is 9.88 Å². The van der Waals surface area contributed by atoms with Crippen molar-refractivity contribution in [2.24, 2.45) is 5.73 Å². The summed E-state index contributed by atoms with van der Waals surface area (Å²) in [5.74, 6) is 2.40. The molecule has 1 unspecified atom stereocenters. The number of aromatic nitrogens is 1. The molecule has 0 bridgehead atoms. The summed E-state index contributed by atoms with van der Waals surface area (Å²) in [6, 6.07) is 0. The van der Waals surface area contributed by atoms with Crippen LogP contribution in [0.15, 0.2) is 4.42 Å². The zero-order chi connectivity index (χ0) is 11.5. The van der Waals surface area contributed by atoms with Crippen LogP contribution in [0.2, 0.25) is 0 Å². The zero-order valence-corrected chi connectivity index (χ0v) is 10.2. The maximum atomic E-state index is 5.68. The average molecular weight is 223 g/mol. The van der Waals surface area contributed by atoms with Gasteiger partial charge in [-0.1, -0.05) is 0 Å². The molecule has 1 aromatic rings. The van der Waals surface area contributed by atoms with Crippen LogP contribution in [0.25, 0.3) is 0 Å². The third-order valence-electron chi connectivity index (χ3n) is 3.25. The summed E-state index contributed by atoms with van der Waals surface area (Å²) in [7, 11) is 2.16. The second-order valence-corrected chi connectivity index (χ2v) is 4.69. The minimum absolute atomic E-state index is 0.556. The lowest BCUT2D eigenvalue weighted by molar-refractivity contribution is 0.410. The van der Waals surface area contributed by atoms with Crippen molar-refractivity contribution in [3.05, 3.63) is 17.3 Å². The normalized spacial score (nSPS) is 21.8. The van der Waals surface area contributed by atoms with Gasteiger partial charge in [0, 0.05) is 18.9 Å². The summed E-state index contributed by atoms with van der Waals surface area (Å²) in [4.78, 5) is 6.96. The summed E-state index contributed by atoms with van der Waals surface area (Å²) in [5.41, 5.74) is 6.65. The molecule has 2 rings (SSSR count). The largest absolute Gasteiger partial charge is 0.446 e. The highest BCUT2D eigenvalue weighted by Gasteiger charge is 2.26. The van der Waals surface area contributed by atoms with Gasteiger partial charge in [-0.15, -0.1) is 0 Å². The Morgan fingerprint density at radius 1 is 1.56 bits per heavy atom. The first kappa shape index (κ1) is 11.6. The molecule has 2 N–H and O–H groups in total. The van der Waals surface area contributed by atoms with Crippen LogP contribution in [0.3, 0.4) is 0 Å². The van der Waals surface area contributed by atoms with Gasteiger partial charge in [0.1, 0.15) is 5.76 Å². The van der Waals surface area contributed by atoms with Crippen LogP contribution in [0.5, 0.6) is 0 Å². The number of aryl methyl sites for hydroxylation is 2. The van der Waals surface area contributed by atoms with Gasteiger partial charge in [-0.05, 0) is 39.9 Å². The molecular weight excluding hydrogens is 202 g/mol. The Balaban J connectivity index is 2.06.